The molecular formula is C12H19N3O2. The first-order chi connectivity index (χ1) is 8.24. The third-order valence-corrected chi connectivity index (χ3v) is 2.28. The summed E-state index contributed by atoms with van der Waals surface area (Å²) in [6.07, 6.45) is 1.72. The molecule has 1 aromatic heterocycles. The lowest BCUT2D eigenvalue weighted by Crippen LogP contribution is -2.36. The average molecular weight is 237 g/mol. The minimum atomic E-state index is -0.0760. The van der Waals surface area contributed by atoms with Crippen LogP contribution in [0.2, 0.25) is 0 Å². The molecule has 2 N–H and O–H groups in total. The highest BCUT2D eigenvalue weighted by molar-refractivity contribution is 5.78. The maximum Gasteiger partial charge on any atom is 0.234 e. The van der Waals surface area contributed by atoms with Gasteiger partial charge in [0.2, 0.25) is 5.91 Å². The topological polar surface area (TPSA) is 63.2 Å². The fraction of sp³-hybridized carbons (Fsp3) is 0.500. The molecule has 0 aliphatic rings. The van der Waals surface area contributed by atoms with E-state index in [-0.39, 0.29) is 11.9 Å². The summed E-state index contributed by atoms with van der Waals surface area (Å²) in [5.41, 5.74) is 0.859. The summed E-state index contributed by atoms with van der Waals surface area (Å²) >= 11 is 0. The van der Waals surface area contributed by atoms with Gasteiger partial charge in [-0.3, -0.25) is 9.78 Å². The number of nitrogens with zero attached hydrogens (tertiary/aromatic N) is 1. The molecule has 0 fully saturated rings. The third kappa shape index (κ3) is 5.42. The van der Waals surface area contributed by atoms with Gasteiger partial charge in [-0.2, -0.15) is 0 Å². The summed E-state index contributed by atoms with van der Waals surface area (Å²) in [6.45, 7) is 3.47. The van der Waals surface area contributed by atoms with Gasteiger partial charge in [-0.1, -0.05) is 6.07 Å². The Labute approximate surface area is 102 Å². The highest BCUT2D eigenvalue weighted by atomic mass is 16.5. The smallest absolute Gasteiger partial charge is 0.234 e. The van der Waals surface area contributed by atoms with Gasteiger partial charge in [0.1, 0.15) is 0 Å². The van der Waals surface area contributed by atoms with Crippen LogP contribution in [0.4, 0.5) is 0 Å². The van der Waals surface area contributed by atoms with Crippen LogP contribution < -0.4 is 10.6 Å². The second-order valence-electron chi connectivity index (χ2n) is 3.71. The number of pyridine rings is 1. The molecule has 0 radical (unpaired) electrons. The number of amides is 1. The number of rotatable bonds is 7. The zero-order valence-corrected chi connectivity index (χ0v) is 10.3. The molecular weight excluding hydrogens is 218 g/mol. The Balaban J connectivity index is 2.26. The van der Waals surface area contributed by atoms with E-state index in [0.717, 1.165) is 5.69 Å². The van der Waals surface area contributed by atoms with Gasteiger partial charge < -0.3 is 15.4 Å². The Morgan fingerprint density at radius 2 is 2.35 bits per heavy atom. The number of carbonyl (C=O) groups excluding carboxylic acids is 1. The lowest BCUT2D eigenvalue weighted by Gasteiger charge is -2.13. The fourth-order valence-corrected chi connectivity index (χ4v) is 1.37. The number of hydrogen-bond donors (Lipinski definition) is 2. The zero-order chi connectivity index (χ0) is 12.5. The van der Waals surface area contributed by atoms with Crippen molar-refractivity contribution >= 4 is 5.91 Å². The molecule has 1 rings (SSSR count). The lowest BCUT2D eigenvalue weighted by molar-refractivity contribution is -0.120. The molecule has 0 aliphatic heterocycles. The summed E-state index contributed by atoms with van der Waals surface area (Å²) < 4.78 is 4.87. The number of nitrogens with one attached hydrogen (secondary N) is 2. The first-order valence-electron chi connectivity index (χ1n) is 5.64. The van der Waals surface area contributed by atoms with E-state index in [9.17, 15) is 4.79 Å². The van der Waals surface area contributed by atoms with Crippen LogP contribution in [0, 0.1) is 0 Å². The quantitative estimate of drug-likeness (QED) is 0.678. The van der Waals surface area contributed by atoms with Gasteiger partial charge in [-0.15, -0.1) is 0 Å². The maximum absolute atomic E-state index is 11.5. The molecule has 0 saturated carbocycles. The van der Waals surface area contributed by atoms with Crippen molar-refractivity contribution in [3.63, 3.8) is 0 Å². The van der Waals surface area contributed by atoms with Crippen molar-refractivity contribution in [1.82, 2.24) is 15.6 Å². The molecule has 1 amide bonds. The second kappa shape index (κ2) is 7.76. The van der Waals surface area contributed by atoms with Crippen LogP contribution >= 0.6 is 0 Å². The number of ether oxygens (including phenoxy) is 1. The number of aromatic nitrogens is 1. The normalized spacial score (nSPS) is 12.1. The van der Waals surface area contributed by atoms with Gasteiger partial charge in [0, 0.05) is 19.9 Å². The minimum Gasteiger partial charge on any atom is -0.383 e. The number of carbonyl (C=O) groups is 1. The number of hydrogen-bond acceptors (Lipinski definition) is 4. The molecule has 0 aromatic carbocycles. The molecule has 0 bridgehead atoms. The summed E-state index contributed by atoms with van der Waals surface area (Å²) in [7, 11) is 1.63. The number of methoxy groups -OCH3 is 1. The lowest BCUT2D eigenvalue weighted by atomic mass is 10.2. The Bertz CT molecular complexity index is 330. The SMILES string of the molecule is COCCNCC(=O)NC(C)c1ccccn1. The molecule has 94 valence electrons. The molecule has 5 nitrogen and oxygen atoms in total. The highest BCUT2D eigenvalue weighted by Crippen LogP contribution is 2.06. The Morgan fingerprint density at radius 3 is 3.00 bits per heavy atom. The van der Waals surface area contributed by atoms with E-state index in [0.29, 0.717) is 19.7 Å². The zero-order valence-electron chi connectivity index (χ0n) is 10.3. The molecule has 0 spiro atoms. The summed E-state index contributed by atoms with van der Waals surface area (Å²) in [4.78, 5) is 15.7. The molecule has 0 saturated heterocycles. The first-order valence-corrected chi connectivity index (χ1v) is 5.64. The highest BCUT2D eigenvalue weighted by Gasteiger charge is 2.09. The van der Waals surface area contributed by atoms with Crippen molar-refractivity contribution < 1.29 is 9.53 Å². The van der Waals surface area contributed by atoms with Crippen molar-refractivity contribution in [2.45, 2.75) is 13.0 Å². The third-order valence-electron chi connectivity index (χ3n) is 2.28. The average Bonchev–Trinajstić information content (AvgIpc) is 2.36. The van der Waals surface area contributed by atoms with Gasteiger partial charge in [-0.05, 0) is 19.1 Å². The second-order valence-corrected chi connectivity index (χ2v) is 3.71. The summed E-state index contributed by atoms with van der Waals surface area (Å²) in [6, 6.07) is 5.57. The largest absolute Gasteiger partial charge is 0.383 e. The van der Waals surface area contributed by atoms with Crippen molar-refractivity contribution in [1.29, 1.82) is 0 Å². The Kier molecular flexibility index (Phi) is 6.21. The van der Waals surface area contributed by atoms with Crippen molar-refractivity contribution in [2.75, 3.05) is 26.8 Å². The van der Waals surface area contributed by atoms with E-state index >= 15 is 0 Å². The minimum absolute atomic E-state index is 0.0424. The van der Waals surface area contributed by atoms with Gasteiger partial charge in [0.25, 0.3) is 0 Å². The monoisotopic (exact) mass is 237 g/mol. The molecule has 5 heteroatoms. The first kappa shape index (κ1) is 13.6. The van der Waals surface area contributed by atoms with Crippen molar-refractivity contribution in [2.24, 2.45) is 0 Å². The van der Waals surface area contributed by atoms with Crippen LogP contribution in [0.15, 0.2) is 24.4 Å². The van der Waals surface area contributed by atoms with E-state index in [2.05, 4.69) is 15.6 Å². The Hall–Kier alpha value is -1.46. The van der Waals surface area contributed by atoms with Gasteiger partial charge in [0.05, 0.1) is 24.9 Å². The van der Waals surface area contributed by atoms with Crippen LogP contribution in [-0.2, 0) is 9.53 Å². The molecule has 1 unspecified atom stereocenters. The molecule has 0 aliphatic carbocycles. The fourth-order valence-electron chi connectivity index (χ4n) is 1.37. The van der Waals surface area contributed by atoms with E-state index < -0.39 is 0 Å². The summed E-state index contributed by atoms with van der Waals surface area (Å²) in [5.74, 6) is -0.0424. The van der Waals surface area contributed by atoms with Gasteiger partial charge >= 0.3 is 0 Å². The summed E-state index contributed by atoms with van der Waals surface area (Å²) in [5, 5.41) is 5.85. The van der Waals surface area contributed by atoms with Gasteiger partial charge in [-0.25, -0.2) is 0 Å². The van der Waals surface area contributed by atoms with Gasteiger partial charge in [0.15, 0.2) is 0 Å². The predicted octanol–water partition coefficient (Wildman–Crippen LogP) is 0.495. The molecule has 1 atom stereocenters. The predicted molar refractivity (Wildman–Crippen MR) is 65.5 cm³/mol. The van der Waals surface area contributed by atoms with Crippen LogP contribution in [0.25, 0.3) is 0 Å². The molecule has 1 heterocycles. The van der Waals surface area contributed by atoms with E-state index in [4.69, 9.17) is 4.74 Å². The maximum atomic E-state index is 11.5. The van der Waals surface area contributed by atoms with Crippen molar-refractivity contribution in [3.05, 3.63) is 30.1 Å². The van der Waals surface area contributed by atoms with Crippen LogP contribution in [-0.4, -0.2) is 37.7 Å². The van der Waals surface area contributed by atoms with Crippen LogP contribution in [0.5, 0.6) is 0 Å². The van der Waals surface area contributed by atoms with E-state index in [1.165, 1.54) is 0 Å². The Morgan fingerprint density at radius 1 is 1.53 bits per heavy atom. The van der Waals surface area contributed by atoms with E-state index in [1.807, 2.05) is 25.1 Å². The van der Waals surface area contributed by atoms with Crippen LogP contribution in [0.3, 0.4) is 0 Å². The molecule has 17 heavy (non-hydrogen) atoms. The van der Waals surface area contributed by atoms with Crippen molar-refractivity contribution in [3.8, 4) is 0 Å². The van der Waals surface area contributed by atoms with Crippen LogP contribution in [0.1, 0.15) is 18.7 Å². The molecule has 1 aromatic rings. The standard InChI is InChI=1S/C12H19N3O2/c1-10(11-5-3-4-6-14-11)15-12(16)9-13-7-8-17-2/h3-6,10,13H,7-9H2,1-2H3,(H,15,16). The van der Waals surface area contributed by atoms with E-state index in [1.54, 1.807) is 13.3 Å².